The Morgan fingerprint density at radius 3 is 1.97 bits per heavy atom. The monoisotopic (exact) mass is 440 g/mol. The Morgan fingerprint density at radius 2 is 1.35 bits per heavy atom. The molecule has 31 heavy (non-hydrogen) atoms. The van der Waals surface area contributed by atoms with Gasteiger partial charge >= 0.3 is 0 Å². The summed E-state index contributed by atoms with van der Waals surface area (Å²) in [5.74, 6) is 0.0805. The molecule has 164 valence electrons. The molecule has 0 N–H and O–H groups in total. The highest BCUT2D eigenvalue weighted by molar-refractivity contribution is 6.30. The first-order chi connectivity index (χ1) is 14.9. The Labute approximate surface area is 189 Å². The van der Waals surface area contributed by atoms with E-state index in [1.54, 1.807) is 4.90 Å². The Hall–Kier alpha value is -2.66. The van der Waals surface area contributed by atoms with Crippen LogP contribution in [0.4, 0.5) is 0 Å². The molecule has 0 aliphatic carbocycles. The molecule has 1 aliphatic rings. The molecular weight excluding hydrogens is 412 g/mol. The van der Waals surface area contributed by atoms with Crippen LogP contribution in [-0.4, -0.2) is 53.6 Å². The summed E-state index contributed by atoms with van der Waals surface area (Å²) in [7, 11) is 0. The minimum Gasteiger partial charge on any atom is -0.341 e. The molecule has 2 amide bonds. The molecule has 1 heterocycles. The minimum atomic E-state index is -0.0177. The molecule has 1 aliphatic heterocycles. The highest BCUT2D eigenvalue weighted by Gasteiger charge is 2.22. The fourth-order valence-electron chi connectivity index (χ4n) is 3.74. The van der Waals surface area contributed by atoms with E-state index >= 15 is 0 Å². The van der Waals surface area contributed by atoms with Crippen molar-refractivity contribution in [2.45, 2.75) is 39.0 Å². The third-order valence-electron chi connectivity index (χ3n) is 5.68. The third-order valence-corrected chi connectivity index (χ3v) is 5.93. The zero-order valence-electron chi connectivity index (χ0n) is 18.0. The van der Waals surface area contributed by atoms with Crippen LogP contribution in [0, 0.1) is 6.92 Å². The van der Waals surface area contributed by atoms with Crippen molar-refractivity contribution in [3.63, 3.8) is 0 Å². The third kappa shape index (κ3) is 6.93. The average molecular weight is 441 g/mol. The van der Waals surface area contributed by atoms with E-state index in [4.69, 9.17) is 11.6 Å². The maximum Gasteiger partial charge on any atom is 0.223 e. The molecule has 6 heteroatoms. The van der Waals surface area contributed by atoms with Crippen molar-refractivity contribution in [2.24, 2.45) is 0 Å². The highest BCUT2D eigenvalue weighted by Crippen LogP contribution is 2.14. The predicted octanol–water partition coefficient (Wildman–Crippen LogP) is 4.31. The van der Waals surface area contributed by atoms with Gasteiger partial charge in [-0.15, -0.1) is 0 Å². The zero-order valence-corrected chi connectivity index (χ0v) is 18.7. The molecule has 1 saturated heterocycles. The second-order valence-electron chi connectivity index (χ2n) is 8.03. The lowest BCUT2D eigenvalue weighted by Crippen LogP contribution is -2.37. The van der Waals surface area contributed by atoms with Gasteiger partial charge in [0.15, 0.2) is 5.78 Å². The quantitative estimate of drug-likeness (QED) is 0.603. The van der Waals surface area contributed by atoms with Crippen LogP contribution < -0.4 is 0 Å². The number of carbonyl (C=O) groups excluding carboxylic acids is 3. The van der Waals surface area contributed by atoms with E-state index in [0.717, 1.165) is 17.5 Å². The van der Waals surface area contributed by atoms with Gasteiger partial charge in [-0.1, -0.05) is 53.6 Å². The van der Waals surface area contributed by atoms with Crippen LogP contribution in [0.15, 0.2) is 48.5 Å². The van der Waals surface area contributed by atoms with Gasteiger partial charge in [-0.2, -0.15) is 0 Å². The van der Waals surface area contributed by atoms with Crippen LogP contribution in [0.25, 0.3) is 0 Å². The van der Waals surface area contributed by atoms with Gasteiger partial charge in [0.05, 0.1) is 0 Å². The molecule has 3 rings (SSSR count). The Kier molecular flexibility index (Phi) is 8.24. The molecule has 0 atom stereocenters. The molecule has 0 unspecified atom stereocenters. The van der Waals surface area contributed by atoms with E-state index in [1.165, 1.54) is 0 Å². The first-order valence-corrected chi connectivity index (χ1v) is 11.2. The summed E-state index contributed by atoms with van der Waals surface area (Å²) >= 11 is 5.90. The van der Waals surface area contributed by atoms with E-state index in [9.17, 15) is 14.4 Å². The number of hydrogen-bond donors (Lipinski definition) is 0. The van der Waals surface area contributed by atoms with E-state index in [2.05, 4.69) is 0 Å². The molecule has 1 fully saturated rings. The van der Waals surface area contributed by atoms with Crippen molar-refractivity contribution in [1.82, 2.24) is 9.80 Å². The molecule has 2 aromatic carbocycles. The van der Waals surface area contributed by atoms with Crippen LogP contribution in [0.5, 0.6) is 0 Å². The summed E-state index contributed by atoms with van der Waals surface area (Å²) in [6.45, 7) is 4.31. The Morgan fingerprint density at radius 1 is 0.774 bits per heavy atom. The van der Waals surface area contributed by atoms with Crippen molar-refractivity contribution in [3.8, 4) is 0 Å². The molecule has 5 nitrogen and oxygen atoms in total. The smallest absolute Gasteiger partial charge is 0.223 e. The maximum absolute atomic E-state index is 12.6. The summed E-state index contributed by atoms with van der Waals surface area (Å²) in [5, 5.41) is 0.688. The van der Waals surface area contributed by atoms with Crippen LogP contribution in [0.3, 0.4) is 0 Å². The second kappa shape index (κ2) is 11.1. The number of ketones is 1. The van der Waals surface area contributed by atoms with Crippen molar-refractivity contribution in [3.05, 3.63) is 70.2 Å². The van der Waals surface area contributed by atoms with Crippen LogP contribution in [0.1, 0.15) is 47.2 Å². The summed E-state index contributed by atoms with van der Waals surface area (Å²) in [5.41, 5.74) is 2.83. The van der Waals surface area contributed by atoms with Crippen molar-refractivity contribution >= 4 is 29.2 Å². The number of benzene rings is 2. The number of nitrogens with zero attached hydrogens (tertiary/aromatic N) is 2. The van der Waals surface area contributed by atoms with E-state index in [1.807, 2.05) is 60.4 Å². The molecule has 0 spiro atoms. The minimum absolute atomic E-state index is 0.0119. The molecular formula is C25H29ClN2O3. The van der Waals surface area contributed by atoms with Gasteiger partial charge in [-0.3, -0.25) is 14.4 Å². The summed E-state index contributed by atoms with van der Waals surface area (Å²) < 4.78 is 0. The number of aryl methyl sites for hydroxylation is 2. The van der Waals surface area contributed by atoms with Crippen LogP contribution >= 0.6 is 11.6 Å². The lowest BCUT2D eigenvalue weighted by atomic mass is 10.0. The lowest BCUT2D eigenvalue weighted by Gasteiger charge is -2.22. The molecule has 0 aromatic heterocycles. The topological polar surface area (TPSA) is 57.7 Å². The summed E-state index contributed by atoms with van der Waals surface area (Å²) in [6, 6.07) is 15.0. The molecule has 0 saturated carbocycles. The normalized spacial score (nSPS) is 14.3. The number of halogens is 1. The van der Waals surface area contributed by atoms with Gasteiger partial charge in [0.1, 0.15) is 0 Å². The van der Waals surface area contributed by atoms with Gasteiger partial charge in [-0.25, -0.2) is 0 Å². The maximum atomic E-state index is 12.6. The lowest BCUT2D eigenvalue weighted by molar-refractivity contribution is -0.133. The summed E-state index contributed by atoms with van der Waals surface area (Å²) in [4.78, 5) is 41.2. The summed E-state index contributed by atoms with van der Waals surface area (Å²) in [6.07, 6.45) is 2.29. The fourth-order valence-corrected chi connectivity index (χ4v) is 3.87. The predicted molar refractivity (Wildman–Crippen MR) is 122 cm³/mol. The Bertz CT molecular complexity index is 909. The van der Waals surface area contributed by atoms with E-state index in [0.29, 0.717) is 49.6 Å². The molecule has 2 aromatic rings. The van der Waals surface area contributed by atoms with Gasteiger partial charge < -0.3 is 9.80 Å². The second-order valence-corrected chi connectivity index (χ2v) is 8.47. The zero-order chi connectivity index (χ0) is 22.2. The van der Waals surface area contributed by atoms with Gasteiger partial charge in [0.25, 0.3) is 0 Å². The highest BCUT2D eigenvalue weighted by atomic mass is 35.5. The Balaban J connectivity index is 1.43. The SMILES string of the molecule is Cc1ccc(C(=O)CCC(=O)N2CCCN(C(=O)CCc3ccc(Cl)cc3)CC2)cc1. The first kappa shape index (κ1) is 23.0. The van der Waals surface area contributed by atoms with Crippen LogP contribution in [-0.2, 0) is 16.0 Å². The fraction of sp³-hybridized carbons (Fsp3) is 0.400. The molecule has 0 radical (unpaired) electrons. The standard InChI is InChI=1S/C25H29ClN2O3/c1-19-3-8-21(9-4-19)23(29)12-14-25(31)28-16-2-15-27(17-18-28)24(30)13-7-20-5-10-22(26)11-6-20/h3-6,8-11H,2,7,12-18H2,1H3. The number of carbonyl (C=O) groups is 3. The first-order valence-electron chi connectivity index (χ1n) is 10.8. The van der Waals surface area contributed by atoms with E-state index < -0.39 is 0 Å². The van der Waals surface area contributed by atoms with Gasteiger partial charge in [0.2, 0.25) is 11.8 Å². The number of rotatable bonds is 7. The number of amides is 2. The largest absolute Gasteiger partial charge is 0.341 e. The van der Waals surface area contributed by atoms with Gasteiger partial charge in [-0.05, 0) is 37.5 Å². The average Bonchev–Trinajstić information content (AvgIpc) is 3.03. The van der Waals surface area contributed by atoms with Crippen molar-refractivity contribution in [1.29, 1.82) is 0 Å². The number of Topliss-reactive ketones (excluding diaryl/α,β-unsaturated/α-hetero) is 1. The molecule has 0 bridgehead atoms. The number of hydrogen-bond acceptors (Lipinski definition) is 3. The van der Waals surface area contributed by atoms with Crippen molar-refractivity contribution in [2.75, 3.05) is 26.2 Å². The van der Waals surface area contributed by atoms with Gasteiger partial charge in [0, 0.05) is 56.0 Å². The van der Waals surface area contributed by atoms with E-state index in [-0.39, 0.29) is 30.4 Å². The van der Waals surface area contributed by atoms with Crippen LogP contribution in [0.2, 0.25) is 5.02 Å². The van der Waals surface area contributed by atoms with Crippen molar-refractivity contribution < 1.29 is 14.4 Å².